The van der Waals surface area contributed by atoms with Crippen molar-refractivity contribution in [3.63, 3.8) is 0 Å². The summed E-state index contributed by atoms with van der Waals surface area (Å²) in [6, 6.07) is 1.75. The maximum Gasteiger partial charge on any atom is 0.307 e. The Labute approximate surface area is 131 Å². The number of rotatable bonds is 7. The van der Waals surface area contributed by atoms with Crippen molar-refractivity contribution >= 4 is 34.6 Å². The van der Waals surface area contributed by atoms with E-state index in [1.807, 2.05) is 12.3 Å². The molecule has 21 heavy (non-hydrogen) atoms. The highest BCUT2D eigenvalue weighted by atomic mass is 32.1. The van der Waals surface area contributed by atoms with E-state index in [4.69, 9.17) is 4.74 Å². The summed E-state index contributed by atoms with van der Waals surface area (Å²) in [6.45, 7) is 2.57. The molecule has 7 heteroatoms. The van der Waals surface area contributed by atoms with Crippen LogP contribution in [0.3, 0.4) is 0 Å². The first-order chi connectivity index (χ1) is 10.2. The van der Waals surface area contributed by atoms with Crippen molar-refractivity contribution in [2.24, 2.45) is 0 Å². The van der Waals surface area contributed by atoms with Gasteiger partial charge in [-0.3, -0.25) is 9.59 Å². The summed E-state index contributed by atoms with van der Waals surface area (Å²) in [6.07, 6.45) is 0.862. The molecule has 0 saturated carbocycles. The van der Waals surface area contributed by atoms with Gasteiger partial charge in [-0.25, -0.2) is 4.98 Å². The van der Waals surface area contributed by atoms with Crippen molar-refractivity contribution < 1.29 is 14.3 Å². The Balaban J connectivity index is 1.60. The highest BCUT2D eigenvalue weighted by molar-refractivity contribution is 7.09. The maximum absolute atomic E-state index is 11.6. The van der Waals surface area contributed by atoms with Crippen molar-refractivity contribution in [2.75, 3.05) is 13.2 Å². The van der Waals surface area contributed by atoms with Gasteiger partial charge < -0.3 is 10.1 Å². The maximum atomic E-state index is 11.6. The van der Waals surface area contributed by atoms with Crippen LogP contribution < -0.4 is 5.32 Å². The van der Waals surface area contributed by atoms with Gasteiger partial charge in [0.1, 0.15) is 0 Å². The van der Waals surface area contributed by atoms with Gasteiger partial charge in [-0.05, 0) is 18.4 Å². The highest BCUT2D eigenvalue weighted by Gasteiger charge is 2.08. The Morgan fingerprint density at radius 1 is 1.43 bits per heavy atom. The minimum atomic E-state index is -0.303. The van der Waals surface area contributed by atoms with E-state index in [0.717, 1.165) is 10.6 Å². The standard InChI is InChI=1S/C14H16N2O3S2/c1-10-12(21-9-16-10)3-6-19-13(17)2-5-15-14(18)11-4-7-20-8-11/h4,7-9H,2-3,5-6H2,1H3,(H,15,18). The number of hydrogen-bond donors (Lipinski definition) is 1. The Hall–Kier alpha value is -1.73. The predicted molar refractivity (Wildman–Crippen MR) is 82.8 cm³/mol. The Morgan fingerprint density at radius 3 is 2.95 bits per heavy atom. The van der Waals surface area contributed by atoms with E-state index in [2.05, 4.69) is 10.3 Å². The molecule has 1 N–H and O–H groups in total. The zero-order valence-corrected chi connectivity index (χ0v) is 13.3. The Kier molecular flexibility index (Phi) is 5.89. The number of nitrogens with one attached hydrogen (secondary N) is 1. The molecule has 2 rings (SSSR count). The molecule has 0 aromatic carbocycles. The van der Waals surface area contributed by atoms with E-state index >= 15 is 0 Å². The summed E-state index contributed by atoms with van der Waals surface area (Å²) in [5.74, 6) is -0.466. The fourth-order valence-electron chi connectivity index (χ4n) is 1.67. The second kappa shape index (κ2) is 7.90. The predicted octanol–water partition coefficient (Wildman–Crippen LogP) is 2.42. The summed E-state index contributed by atoms with van der Waals surface area (Å²) in [5.41, 5.74) is 3.39. The van der Waals surface area contributed by atoms with Crippen LogP contribution in [-0.2, 0) is 16.0 Å². The first kappa shape index (κ1) is 15.7. The fraction of sp³-hybridized carbons (Fsp3) is 0.357. The Morgan fingerprint density at radius 2 is 2.29 bits per heavy atom. The summed E-state index contributed by atoms with van der Waals surface area (Å²) in [7, 11) is 0. The molecule has 0 aliphatic carbocycles. The molecule has 5 nitrogen and oxygen atoms in total. The molecule has 0 unspecified atom stereocenters. The molecule has 0 radical (unpaired) electrons. The van der Waals surface area contributed by atoms with Crippen molar-refractivity contribution in [1.82, 2.24) is 10.3 Å². The first-order valence-corrected chi connectivity index (χ1v) is 8.34. The molecule has 0 spiro atoms. The molecule has 0 aliphatic heterocycles. The average molecular weight is 324 g/mol. The minimum absolute atomic E-state index is 0.163. The smallest absolute Gasteiger partial charge is 0.307 e. The number of hydrogen-bond acceptors (Lipinski definition) is 6. The molecule has 2 aromatic rings. The lowest BCUT2D eigenvalue weighted by Crippen LogP contribution is -2.26. The number of thiazole rings is 1. The number of carbonyl (C=O) groups excluding carboxylic acids is 2. The van der Waals surface area contributed by atoms with Gasteiger partial charge in [0.25, 0.3) is 5.91 Å². The SMILES string of the molecule is Cc1ncsc1CCOC(=O)CCNC(=O)c1ccsc1. The second-order valence-electron chi connectivity index (χ2n) is 4.35. The van der Waals surface area contributed by atoms with Gasteiger partial charge in [0.05, 0.1) is 24.2 Å². The van der Waals surface area contributed by atoms with Crippen LogP contribution in [0.4, 0.5) is 0 Å². The third-order valence-electron chi connectivity index (χ3n) is 2.84. The monoisotopic (exact) mass is 324 g/mol. The molecule has 112 valence electrons. The van der Waals surface area contributed by atoms with Gasteiger partial charge in [-0.2, -0.15) is 11.3 Å². The fourth-order valence-corrected chi connectivity index (χ4v) is 3.07. The van der Waals surface area contributed by atoms with Gasteiger partial charge in [0.2, 0.25) is 0 Å². The van der Waals surface area contributed by atoms with E-state index in [-0.39, 0.29) is 24.8 Å². The summed E-state index contributed by atoms with van der Waals surface area (Å²) in [5, 5.41) is 6.29. The number of aryl methyl sites for hydroxylation is 1. The van der Waals surface area contributed by atoms with E-state index in [9.17, 15) is 9.59 Å². The van der Waals surface area contributed by atoms with Gasteiger partial charge in [0.15, 0.2) is 0 Å². The van der Waals surface area contributed by atoms with Crippen LogP contribution in [0.25, 0.3) is 0 Å². The summed E-state index contributed by atoms with van der Waals surface area (Å²) >= 11 is 3.02. The number of aromatic nitrogens is 1. The number of esters is 1. The molecular weight excluding hydrogens is 308 g/mol. The number of thiophene rings is 1. The third-order valence-corrected chi connectivity index (χ3v) is 4.51. The zero-order chi connectivity index (χ0) is 15.1. The van der Waals surface area contributed by atoms with Crippen molar-refractivity contribution in [1.29, 1.82) is 0 Å². The molecular formula is C14H16N2O3S2. The largest absolute Gasteiger partial charge is 0.465 e. The van der Waals surface area contributed by atoms with Crippen LogP contribution in [0.15, 0.2) is 22.3 Å². The van der Waals surface area contributed by atoms with Gasteiger partial charge in [-0.15, -0.1) is 11.3 Å². The lowest BCUT2D eigenvalue weighted by molar-refractivity contribution is -0.143. The lowest BCUT2D eigenvalue weighted by atomic mass is 10.3. The summed E-state index contributed by atoms with van der Waals surface area (Å²) < 4.78 is 5.13. The van der Waals surface area contributed by atoms with E-state index in [1.54, 1.807) is 28.3 Å². The molecule has 1 amide bonds. The molecule has 0 bridgehead atoms. The highest BCUT2D eigenvalue weighted by Crippen LogP contribution is 2.12. The van der Waals surface area contributed by atoms with Crippen molar-refractivity contribution in [3.05, 3.63) is 38.5 Å². The zero-order valence-electron chi connectivity index (χ0n) is 11.6. The van der Waals surface area contributed by atoms with Crippen molar-refractivity contribution in [2.45, 2.75) is 19.8 Å². The van der Waals surface area contributed by atoms with Crippen LogP contribution >= 0.6 is 22.7 Å². The number of nitrogens with zero attached hydrogens (tertiary/aromatic N) is 1. The van der Waals surface area contributed by atoms with Crippen LogP contribution in [0.5, 0.6) is 0 Å². The Bertz CT molecular complexity index is 593. The van der Waals surface area contributed by atoms with E-state index in [1.165, 1.54) is 11.3 Å². The van der Waals surface area contributed by atoms with E-state index in [0.29, 0.717) is 18.6 Å². The van der Waals surface area contributed by atoms with E-state index < -0.39 is 0 Å². The molecule has 0 saturated heterocycles. The average Bonchev–Trinajstić information content (AvgIpc) is 3.11. The molecule has 0 atom stereocenters. The number of amides is 1. The number of carbonyl (C=O) groups is 2. The van der Waals surface area contributed by atoms with Gasteiger partial charge in [0, 0.05) is 28.8 Å². The number of ether oxygens (including phenoxy) is 1. The molecule has 0 aliphatic rings. The topological polar surface area (TPSA) is 68.3 Å². The van der Waals surface area contributed by atoms with Crippen molar-refractivity contribution in [3.8, 4) is 0 Å². The minimum Gasteiger partial charge on any atom is -0.465 e. The van der Waals surface area contributed by atoms with Crippen LogP contribution in [0.1, 0.15) is 27.3 Å². The molecule has 2 heterocycles. The molecule has 2 aromatic heterocycles. The van der Waals surface area contributed by atoms with Gasteiger partial charge in [-0.1, -0.05) is 0 Å². The van der Waals surface area contributed by atoms with Crippen LogP contribution in [0.2, 0.25) is 0 Å². The summed E-state index contributed by atoms with van der Waals surface area (Å²) in [4.78, 5) is 28.4. The molecule has 0 fully saturated rings. The van der Waals surface area contributed by atoms with Crippen LogP contribution in [0, 0.1) is 6.92 Å². The first-order valence-electron chi connectivity index (χ1n) is 6.52. The lowest BCUT2D eigenvalue weighted by Gasteiger charge is -2.05. The quantitative estimate of drug-likeness (QED) is 0.794. The van der Waals surface area contributed by atoms with Gasteiger partial charge >= 0.3 is 5.97 Å². The second-order valence-corrected chi connectivity index (χ2v) is 6.07. The van der Waals surface area contributed by atoms with Crippen LogP contribution in [-0.4, -0.2) is 30.0 Å². The normalized spacial score (nSPS) is 10.3. The third kappa shape index (κ3) is 4.95.